The summed E-state index contributed by atoms with van der Waals surface area (Å²) >= 11 is 0. The summed E-state index contributed by atoms with van der Waals surface area (Å²) in [5.41, 5.74) is 1.53. The molecule has 1 heterocycles. The SMILES string of the molecule is CCOc1ccc2c(ccn2C(C)C(=O)Nc2ccc(F)cc2)c1. The quantitative estimate of drug-likeness (QED) is 0.756. The van der Waals surface area contributed by atoms with Crippen molar-refractivity contribution in [2.45, 2.75) is 19.9 Å². The van der Waals surface area contributed by atoms with Crippen LogP contribution in [0, 0.1) is 5.82 Å². The highest BCUT2D eigenvalue weighted by Crippen LogP contribution is 2.25. The first-order chi connectivity index (χ1) is 11.6. The maximum absolute atomic E-state index is 12.9. The number of carbonyl (C=O) groups is 1. The highest BCUT2D eigenvalue weighted by Gasteiger charge is 2.17. The lowest BCUT2D eigenvalue weighted by atomic mass is 10.2. The Labute approximate surface area is 139 Å². The van der Waals surface area contributed by atoms with Crippen LogP contribution in [0.3, 0.4) is 0 Å². The summed E-state index contributed by atoms with van der Waals surface area (Å²) in [5.74, 6) is 0.321. The lowest BCUT2D eigenvalue weighted by Gasteiger charge is -2.15. The molecule has 0 spiro atoms. The highest BCUT2D eigenvalue weighted by atomic mass is 19.1. The molecule has 1 aromatic heterocycles. The average molecular weight is 326 g/mol. The molecule has 1 unspecified atom stereocenters. The van der Waals surface area contributed by atoms with Crippen LogP contribution in [0.5, 0.6) is 5.75 Å². The third kappa shape index (κ3) is 3.25. The van der Waals surface area contributed by atoms with E-state index in [0.29, 0.717) is 12.3 Å². The number of nitrogens with zero attached hydrogens (tertiary/aromatic N) is 1. The van der Waals surface area contributed by atoms with E-state index in [-0.39, 0.29) is 11.7 Å². The topological polar surface area (TPSA) is 43.3 Å². The first-order valence-electron chi connectivity index (χ1n) is 7.88. The maximum Gasteiger partial charge on any atom is 0.247 e. The number of ether oxygens (including phenoxy) is 1. The average Bonchev–Trinajstić information content (AvgIpc) is 2.99. The molecule has 0 aliphatic rings. The van der Waals surface area contributed by atoms with Gasteiger partial charge in [0.1, 0.15) is 17.6 Å². The summed E-state index contributed by atoms with van der Waals surface area (Å²) in [6, 6.07) is 13.1. The lowest BCUT2D eigenvalue weighted by molar-refractivity contribution is -0.118. The normalized spacial score (nSPS) is 12.1. The number of amides is 1. The molecule has 4 nitrogen and oxygen atoms in total. The second-order valence-electron chi connectivity index (χ2n) is 5.55. The number of fused-ring (bicyclic) bond motifs is 1. The predicted octanol–water partition coefficient (Wildman–Crippen LogP) is 4.38. The van der Waals surface area contributed by atoms with Gasteiger partial charge in [-0.3, -0.25) is 4.79 Å². The van der Waals surface area contributed by atoms with E-state index in [9.17, 15) is 9.18 Å². The molecular formula is C19H19FN2O2. The number of nitrogens with one attached hydrogen (secondary N) is 1. The Bertz CT molecular complexity index is 855. The van der Waals surface area contributed by atoms with Gasteiger partial charge in [-0.25, -0.2) is 4.39 Å². The van der Waals surface area contributed by atoms with Gasteiger partial charge in [0.05, 0.1) is 6.61 Å². The van der Waals surface area contributed by atoms with Crippen molar-refractivity contribution in [3.8, 4) is 5.75 Å². The van der Waals surface area contributed by atoms with Gasteiger partial charge >= 0.3 is 0 Å². The van der Waals surface area contributed by atoms with Gasteiger partial charge in [0, 0.05) is 22.8 Å². The molecule has 1 amide bonds. The largest absolute Gasteiger partial charge is 0.494 e. The summed E-state index contributed by atoms with van der Waals surface area (Å²) in [5, 5.41) is 3.82. The van der Waals surface area contributed by atoms with Crippen LogP contribution < -0.4 is 10.1 Å². The lowest BCUT2D eigenvalue weighted by Crippen LogP contribution is -2.23. The Balaban J connectivity index is 1.81. The van der Waals surface area contributed by atoms with E-state index >= 15 is 0 Å². The van der Waals surface area contributed by atoms with Crippen LogP contribution >= 0.6 is 0 Å². The van der Waals surface area contributed by atoms with Crippen molar-refractivity contribution >= 4 is 22.5 Å². The van der Waals surface area contributed by atoms with Crippen LogP contribution in [0.25, 0.3) is 10.9 Å². The van der Waals surface area contributed by atoms with Crippen molar-refractivity contribution in [3.05, 3.63) is 60.5 Å². The molecule has 0 saturated heterocycles. The van der Waals surface area contributed by atoms with Crippen molar-refractivity contribution in [1.29, 1.82) is 0 Å². The fraction of sp³-hybridized carbons (Fsp3) is 0.211. The van der Waals surface area contributed by atoms with Crippen LogP contribution in [0.4, 0.5) is 10.1 Å². The number of anilines is 1. The van der Waals surface area contributed by atoms with Gasteiger partial charge in [0.2, 0.25) is 5.91 Å². The fourth-order valence-corrected chi connectivity index (χ4v) is 2.64. The number of halogens is 1. The standard InChI is InChI=1S/C19H19FN2O2/c1-3-24-17-8-9-18-14(12-17)10-11-22(18)13(2)19(23)21-16-6-4-15(20)5-7-16/h4-13H,3H2,1-2H3,(H,21,23). The zero-order valence-electron chi connectivity index (χ0n) is 13.6. The van der Waals surface area contributed by atoms with Crippen LogP contribution in [0.15, 0.2) is 54.7 Å². The van der Waals surface area contributed by atoms with Gasteiger partial charge in [-0.1, -0.05) is 0 Å². The van der Waals surface area contributed by atoms with E-state index in [0.717, 1.165) is 16.7 Å². The number of rotatable bonds is 5. The van der Waals surface area contributed by atoms with Crippen LogP contribution in [-0.2, 0) is 4.79 Å². The summed E-state index contributed by atoms with van der Waals surface area (Å²) in [6.45, 7) is 4.38. The first kappa shape index (κ1) is 16.1. The zero-order valence-corrected chi connectivity index (χ0v) is 13.6. The molecule has 2 aromatic carbocycles. The second-order valence-corrected chi connectivity index (χ2v) is 5.55. The summed E-state index contributed by atoms with van der Waals surface area (Å²) < 4.78 is 20.3. The van der Waals surface area contributed by atoms with E-state index in [1.54, 1.807) is 12.1 Å². The number of benzene rings is 2. The van der Waals surface area contributed by atoms with Crippen LogP contribution in [-0.4, -0.2) is 17.1 Å². The smallest absolute Gasteiger partial charge is 0.247 e. The van der Waals surface area contributed by atoms with Gasteiger partial charge in [0.15, 0.2) is 0 Å². The summed E-state index contributed by atoms with van der Waals surface area (Å²) in [6.07, 6.45) is 1.88. The van der Waals surface area contributed by atoms with Crippen molar-refractivity contribution in [1.82, 2.24) is 4.57 Å². The molecule has 1 N–H and O–H groups in total. The van der Waals surface area contributed by atoms with Gasteiger partial charge in [-0.15, -0.1) is 0 Å². The Morgan fingerprint density at radius 1 is 1.21 bits per heavy atom. The fourth-order valence-electron chi connectivity index (χ4n) is 2.64. The van der Waals surface area contributed by atoms with Crippen molar-refractivity contribution in [2.24, 2.45) is 0 Å². The summed E-state index contributed by atoms with van der Waals surface area (Å²) in [7, 11) is 0. The Kier molecular flexibility index (Phi) is 4.51. The zero-order chi connectivity index (χ0) is 17.1. The second kappa shape index (κ2) is 6.74. The number of carbonyl (C=O) groups excluding carboxylic acids is 1. The predicted molar refractivity (Wildman–Crippen MR) is 92.8 cm³/mol. The minimum Gasteiger partial charge on any atom is -0.494 e. The molecule has 3 aromatic rings. The molecule has 1 atom stereocenters. The van der Waals surface area contributed by atoms with Gasteiger partial charge < -0.3 is 14.6 Å². The third-order valence-electron chi connectivity index (χ3n) is 3.91. The molecule has 24 heavy (non-hydrogen) atoms. The van der Waals surface area contributed by atoms with E-state index in [4.69, 9.17) is 4.74 Å². The Morgan fingerprint density at radius 2 is 1.96 bits per heavy atom. The molecule has 0 aliphatic carbocycles. The number of hydrogen-bond acceptors (Lipinski definition) is 2. The Hall–Kier alpha value is -2.82. The first-order valence-corrected chi connectivity index (χ1v) is 7.88. The molecule has 0 aliphatic heterocycles. The maximum atomic E-state index is 12.9. The van der Waals surface area contributed by atoms with Gasteiger partial charge in [-0.05, 0) is 62.4 Å². The molecule has 0 saturated carbocycles. The molecule has 124 valence electrons. The van der Waals surface area contributed by atoms with Crippen molar-refractivity contribution in [2.75, 3.05) is 11.9 Å². The highest BCUT2D eigenvalue weighted by molar-refractivity contribution is 5.95. The van der Waals surface area contributed by atoms with E-state index < -0.39 is 6.04 Å². The van der Waals surface area contributed by atoms with Crippen LogP contribution in [0.1, 0.15) is 19.9 Å². The van der Waals surface area contributed by atoms with E-state index in [1.165, 1.54) is 12.1 Å². The minimum atomic E-state index is -0.398. The molecular weight excluding hydrogens is 307 g/mol. The number of aromatic nitrogens is 1. The third-order valence-corrected chi connectivity index (χ3v) is 3.91. The summed E-state index contributed by atoms with van der Waals surface area (Å²) in [4.78, 5) is 12.5. The van der Waals surface area contributed by atoms with E-state index in [1.807, 2.05) is 48.9 Å². The van der Waals surface area contributed by atoms with E-state index in [2.05, 4.69) is 5.32 Å². The van der Waals surface area contributed by atoms with Crippen molar-refractivity contribution < 1.29 is 13.9 Å². The molecule has 0 bridgehead atoms. The minimum absolute atomic E-state index is 0.159. The molecule has 5 heteroatoms. The monoisotopic (exact) mass is 326 g/mol. The molecule has 0 fully saturated rings. The molecule has 3 rings (SSSR count). The van der Waals surface area contributed by atoms with Gasteiger partial charge in [-0.2, -0.15) is 0 Å². The number of hydrogen-bond donors (Lipinski definition) is 1. The van der Waals surface area contributed by atoms with Crippen molar-refractivity contribution in [3.63, 3.8) is 0 Å². The van der Waals surface area contributed by atoms with Gasteiger partial charge in [0.25, 0.3) is 0 Å². The molecule has 0 radical (unpaired) electrons. The Morgan fingerprint density at radius 3 is 2.67 bits per heavy atom. The van der Waals surface area contributed by atoms with Crippen LogP contribution in [0.2, 0.25) is 0 Å².